The molecule has 0 radical (unpaired) electrons. The van der Waals surface area contributed by atoms with Crippen molar-refractivity contribution in [3.8, 4) is 5.75 Å². The largest absolute Gasteiger partial charge is 0.508 e. The van der Waals surface area contributed by atoms with Gasteiger partial charge in [-0.25, -0.2) is 0 Å². The molecule has 3 N–H and O–H groups in total. The van der Waals surface area contributed by atoms with E-state index in [9.17, 15) is 5.11 Å². The Hall–Kier alpha value is -1.24. The molecule has 2 aliphatic rings. The fraction of sp³-hybridized carbons (Fsp3) is 0.500. The number of hydrogen-bond acceptors (Lipinski definition) is 2. The molecule has 1 aromatic carbocycles. The molecule has 0 saturated heterocycles. The number of benzene rings is 1. The van der Waals surface area contributed by atoms with Crippen LogP contribution in [0, 0.1) is 0 Å². The zero-order chi connectivity index (χ0) is 15.4. The summed E-state index contributed by atoms with van der Waals surface area (Å²) in [6.07, 6.45) is 11.2. The highest BCUT2D eigenvalue weighted by atomic mass is 127. The van der Waals surface area contributed by atoms with E-state index in [0.29, 0.717) is 18.3 Å². The first-order valence-corrected chi connectivity index (χ1v) is 8.22. The van der Waals surface area contributed by atoms with Gasteiger partial charge in [0.25, 0.3) is 0 Å². The van der Waals surface area contributed by atoms with Gasteiger partial charge in [-0.1, -0.05) is 18.2 Å². The normalized spacial score (nSPS) is 17.5. The van der Waals surface area contributed by atoms with Crippen LogP contribution >= 0.6 is 24.0 Å². The molecular formula is C18H26IN3O. The van der Waals surface area contributed by atoms with Crippen LogP contribution in [-0.4, -0.2) is 24.2 Å². The van der Waals surface area contributed by atoms with Crippen molar-refractivity contribution >= 4 is 29.9 Å². The number of halogens is 1. The topological polar surface area (TPSA) is 56.7 Å². The van der Waals surface area contributed by atoms with E-state index in [2.05, 4.69) is 33.8 Å². The van der Waals surface area contributed by atoms with Crippen LogP contribution in [0.25, 0.3) is 0 Å². The van der Waals surface area contributed by atoms with Gasteiger partial charge in [-0.3, -0.25) is 4.99 Å². The molecule has 23 heavy (non-hydrogen) atoms. The molecule has 126 valence electrons. The van der Waals surface area contributed by atoms with Crippen molar-refractivity contribution in [2.45, 2.75) is 51.1 Å². The van der Waals surface area contributed by atoms with Crippen LogP contribution in [0.2, 0.25) is 0 Å². The molecule has 0 heterocycles. The zero-order valence-corrected chi connectivity index (χ0v) is 16.0. The molecule has 3 rings (SSSR count). The minimum atomic E-state index is 0. The number of nitrogens with zero attached hydrogens (tertiary/aromatic N) is 1. The molecule has 2 aliphatic carbocycles. The maximum Gasteiger partial charge on any atom is 0.191 e. The van der Waals surface area contributed by atoms with Gasteiger partial charge in [0.1, 0.15) is 5.75 Å². The fourth-order valence-corrected chi connectivity index (χ4v) is 3.38. The second-order valence-corrected chi connectivity index (χ2v) is 6.12. The van der Waals surface area contributed by atoms with Gasteiger partial charge in [0.15, 0.2) is 5.96 Å². The van der Waals surface area contributed by atoms with Crippen LogP contribution in [0.4, 0.5) is 0 Å². The lowest BCUT2D eigenvalue weighted by Crippen LogP contribution is -2.42. The minimum absolute atomic E-state index is 0. The van der Waals surface area contributed by atoms with Crippen molar-refractivity contribution in [1.29, 1.82) is 0 Å². The molecule has 0 unspecified atom stereocenters. The summed E-state index contributed by atoms with van der Waals surface area (Å²) in [5.74, 6) is 1.20. The average Bonchev–Trinajstić information content (AvgIpc) is 3.05. The number of aromatic hydroxyl groups is 1. The Balaban J connectivity index is 0.00000192. The van der Waals surface area contributed by atoms with E-state index in [4.69, 9.17) is 0 Å². The molecule has 0 saturated carbocycles. The molecular weight excluding hydrogens is 401 g/mol. The number of rotatable bonds is 3. The quantitative estimate of drug-likeness (QED) is 0.301. The Kier molecular flexibility index (Phi) is 6.74. The molecule has 0 atom stereocenters. The first kappa shape index (κ1) is 18.1. The van der Waals surface area contributed by atoms with E-state index >= 15 is 0 Å². The summed E-state index contributed by atoms with van der Waals surface area (Å²) in [5.41, 5.74) is 3.75. The molecule has 5 heteroatoms. The van der Waals surface area contributed by atoms with Crippen molar-refractivity contribution < 1.29 is 5.11 Å². The Morgan fingerprint density at radius 3 is 2.70 bits per heavy atom. The van der Waals surface area contributed by atoms with Crippen LogP contribution in [0.1, 0.15) is 42.4 Å². The molecule has 0 spiro atoms. The van der Waals surface area contributed by atoms with Crippen molar-refractivity contribution in [3.63, 3.8) is 0 Å². The number of phenols is 1. The van der Waals surface area contributed by atoms with Crippen molar-refractivity contribution in [2.75, 3.05) is 7.05 Å². The number of guanidine groups is 1. The number of hydrogen-bond donors (Lipinski definition) is 3. The Bertz CT molecular complexity index is 590. The second-order valence-electron chi connectivity index (χ2n) is 6.12. The third-order valence-corrected chi connectivity index (χ3v) is 4.63. The number of phenolic OH excluding ortho intramolecular Hbond substituents is 1. The smallest absolute Gasteiger partial charge is 0.191 e. The molecule has 0 aliphatic heterocycles. The molecule has 0 aromatic heterocycles. The van der Waals surface area contributed by atoms with Crippen LogP contribution in [0.15, 0.2) is 29.3 Å². The van der Waals surface area contributed by atoms with E-state index in [1.165, 1.54) is 24.0 Å². The van der Waals surface area contributed by atoms with E-state index in [-0.39, 0.29) is 24.0 Å². The first-order valence-electron chi connectivity index (χ1n) is 8.22. The van der Waals surface area contributed by atoms with Crippen LogP contribution in [0.3, 0.4) is 0 Å². The van der Waals surface area contributed by atoms with Gasteiger partial charge in [-0.05, 0) is 55.7 Å². The summed E-state index contributed by atoms with van der Waals surface area (Å²) in [7, 11) is 1.79. The highest BCUT2D eigenvalue weighted by Crippen LogP contribution is 2.30. The van der Waals surface area contributed by atoms with Crippen LogP contribution in [0.5, 0.6) is 5.75 Å². The minimum Gasteiger partial charge on any atom is -0.508 e. The molecule has 0 amide bonds. The summed E-state index contributed by atoms with van der Waals surface area (Å²) in [6.45, 7) is 0.620. The zero-order valence-electron chi connectivity index (χ0n) is 13.6. The molecule has 1 aromatic rings. The molecule has 0 fully saturated rings. The number of aliphatic imine (C=N–C) groups is 1. The van der Waals surface area contributed by atoms with Gasteiger partial charge in [-0.2, -0.15) is 0 Å². The van der Waals surface area contributed by atoms with E-state index < -0.39 is 0 Å². The van der Waals surface area contributed by atoms with Crippen molar-refractivity contribution in [3.05, 3.63) is 41.0 Å². The lowest BCUT2D eigenvalue weighted by atomic mass is 9.88. The van der Waals surface area contributed by atoms with Gasteiger partial charge in [0, 0.05) is 25.2 Å². The SMILES string of the molecule is CN=C(NCc1c(O)ccc2c1CCCC2)NC1CC=CC1.I. The highest BCUT2D eigenvalue weighted by Gasteiger charge is 2.17. The second kappa shape index (κ2) is 8.57. The lowest BCUT2D eigenvalue weighted by Gasteiger charge is -2.22. The van der Waals surface area contributed by atoms with Gasteiger partial charge in [0.05, 0.1) is 0 Å². The Morgan fingerprint density at radius 1 is 1.22 bits per heavy atom. The summed E-state index contributed by atoms with van der Waals surface area (Å²) < 4.78 is 0. The summed E-state index contributed by atoms with van der Waals surface area (Å²) in [6, 6.07) is 4.34. The third kappa shape index (κ3) is 4.40. The van der Waals surface area contributed by atoms with Gasteiger partial charge in [-0.15, -0.1) is 24.0 Å². The molecule has 4 nitrogen and oxygen atoms in total. The summed E-state index contributed by atoms with van der Waals surface area (Å²) in [5, 5.41) is 17.0. The van der Waals surface area contributed by atoms with Crippen LogP contribution in [-0.2, 0) is 19.4 Å². The van der Waals surface area contributed by atoms with E-state index in [1.54, 1.807) is 7.05 Å². The maximum absolute atomic E-state index is 10.2. The summed E-state index contributed by atoms with van der Waals surface area (Å²) >= 11 is 0. The van der Waals surface area contributed by atoms with Gasteiger partial charge < -0.3 is 15.7 Å². The average molecular weight is 427 g/mol. The monoisotopic (exact) mass is 427 g/mol. The predicted molar refractivity (Wildman–Crippen MR) is 106 cm³/mol. The van der Waals surface area contributed by atoms with Crippen LogP contribution < -0.4 is 10.6 Å². The predicted octanol–water partition coefficient (Wildman–Crippen LogP) is 3.27. The van der Waals surface area contributed by atoms with E-state index in [1.807, 2.05) is 6.07 Å². The van der Waals surface area contributed by atoms with Gasteiger partial charge >= 0.3 is 0 Å². The Morgan fingerprint density at radius 2 is 1.96 bits per heavy atom. The van der Waals surface area contributed by atoms with Crippen molar-refractivity contribution in [2.24, 2.45) is 4.99 Å². The number of nitrogens with one attached hydrogen (secondary N) is 2. The number of aryl methyl sites for hydroxylation is 1. The first-order chi connectivity index (χ1) is 10.8. The maximum atomic E-state index is 10.2. The summed E-state index contributed by atoms with van der Waals surface area (Å²) in [4.78, 5) is 4.29. The van der Waals surface area contributed by atoms with Crippen molar-refractivity contribution in [1.82, 2.24) is 10.6 Å². The van der Waals surface area contributed by atoms with E-state index in [0.717, 1.165) is 37.2 Å². The third-order valence-electron chi connectivity index (χ3n) is 4.63. The fourth-order valence-electron chi connectivity index (χ4n) is 3.38. The van der Waals surface area contributed by atoms with Gasteiger partial charge in [0.2, 0.25) is 0 Å². The lowest BCUT2D eigenvalue weighted by molar-refractivity contribution is 0.464. The standard InChI is InChI=1S/C18H25N3O.HI/c1-19-18(21-14-7-3-4-8-14)20-12-16-15-9-5-2-6-13(15)10-11-17(16)22;/h3-4,10-11,14,22H,2,5-9,12H2,1H3,(H2,19,20,21);1H. The molecule has 0 bridgehead atoms. The highest BCUT2D eigenvalue weighted by molar-refractivity contribution is 14.0. The Labute approximate surface area is 155 Å². The number of fused-ring (bicyclic) bond motifs is 1.